The van der Waals surface area contributed by atoms with E-state index in [2.05, 4.69) is 31.2 Å². The van der Waals surface area contributed by atoms with Gasteiger partial charge in [0.25, 0.3) is 0 Å². The summed E-state index contributed by atoms with van der Waals surface area (Å²) in [5.41, 5.74) is -2.59. The molecule has 1 fully saturated rings. The van der Waals surface area contributed by atoms with Crippen molar-refractivity contribution in [3.8, 4) is 6.07 Å². The van der Waals surface area contributed by atoms with Crippen molar-refractivity contribution in [1.29, 1.82) is 5.26 Å². The Morgan fingerprint density at radius 2 is 1.65 bits per heavy atom. The molecule has 6 rings (SSSR count). The Balaban J connectivity index is 1.52. The van der Waals surface area contributed by atoms with Crippen LogP contribution in [0.4, 0.5) is 47.8 Å². The van der Waals surface area contributed by atoms with Gasteiger partial charge < -0.3 is 16.0 Å². The summed E-state index contributed by atoms with van der Waals surface area (Å²) in [6.45, 7) is 1.38. The molecule has 0 aliphatic carbocycles. The third-order valence-corrected chi connectivity index (χ3v) is 8.50. The van der Waals surface area contributed by atoms with Crippen LogP contribution in [-0.4, -0.2) is 33.1 Å². The summed E-state index contributed by atoms with van der Waals surface area (Å²) in [5.74, 6) is -0.673. The lowest BCUT2D eigenvalue weighted by molar-refractivity contribution is -0.143. The van der Waals surface area contributed by atoms with Gasteiger partial charge in [-0.15, -0.1) is 5.10 Å². The van der Waals surface area contributed by atoms with Crippen molar-refractivity contribution in [2.24, 2.45) is 0 Å². The van der Waals surface area contributed by atoms with E-state index in [1.807, 2.05) is 6.07 Å². The molecule has 3 heterocycles. The Labute approximate surface area is 283 Å². The maximum atomic E-state index is 14.0. The van der Waals surface area contributed by atoms with Gasteiger partial charge in [0, 0.05) is 22.3 Å². The van der Waals surface area contributed by atoms with E-state index in [9.17, 15) is 36.0 Å². The second-order valence-electron chi connectivity index (χ2n) is 11.3. The summed E-state index contributed by atoms with van der Waals surface area (Å²) in [6.07, 6.45) is -6.13. The van der Waals surface area contributed by atoms with Crippen molar-refractivity contribution in [3.63, 3.8) is 0 Å². The normalized spacial score (nSPS) is 14.9. The number of rotatable bonds is 7. The van der Waals surface area contributed by atoms with Crippen molar-refractivity contribution in [1.82, 2.24) is 25.3 Å². The topological polar surface area (TPSA) is 103 Å². The van der Waals surface area contributed by atoms with Gasteiger partial charge >= 0.3 is 12.4 Å². The Bertz CT molecular complexity index is 2040. The molecule has 2 aromatic heterocycles. The monoisotopic (exact) mass is 722 g/mol. The maximum absolute atomic E-state index is 14.0. The van der Waals surface area contributed by atoms with Crippen LogP contribution in [0.15, 0.2) is 60.9 Å². The van der Waals surface area contributed by atoms with E-state index in [1.54, 1.807) is 4.68 Å². The van der Waals surface area contributed by atoms with E-state index in [4.69, 9.17) is 23.2 Å². The molecule has 254 valence electrons. The van der Waals surface area contributed by atoms with Crippen LogP contribution in [-0.2, 0) is 12.4 Å². The molecule has 1 atom stereocenters. The number of hydrogen-bond acceptors (Lipinski definition) is 7. The Morgan fingerprint density at radius 3 is 2.29 bits per heavy atom. The molecule has 0 radical (unpaired) electrons. The number of aromatic nitrogens is 4. The molecule has 17 heteroatoms. The fourth-order valence-corrected chi connectivity index (χ4v) is 6.02. The molecule has 8 nitrogen and oxygen atoms in total. The van der Waals surface area contributed by atoms with Crippen LogP contribution in [0.2, 0.25) is 10.0 Å². The SMILES string of the molecule is N#Cc1cnc2c(NC(c3cc(C(F)(F)F)cc(C(F)(F)F)c3)c3cn(C4CCNCC4)nn3)cc(Cl)cc2c1Nc1ccc(F)c(Cl)c1. The second-order valence-corrected chi connectivity index (χ2v) is 12.1. The summed E-state index contributed by atoms with van der Waals surface area (Å²) >= 11 is 12.5. The molecular weight excluding hydrogens is 700 g/mol. The largest absolute Gasteiger partial charge is 0.416 e. The van der Waals surface area contributed by atoms with Crippen molar-refractivity contribution in [2.75, 3.05) is 23.7 Å². The maximum Gasteiger partial charge on any atom is 0.416 e. The average molecular weight is 723 g/mol. The standard InChI is InChI=1S/C32H23Cl2F7N8/c33-20-10-23-28(45-21-1-2-25(35)24(34)12-21)17(13-42)14-44-30(23)26(11-20)46-29(27-15-49(48-47-27)22-3-5-43-6-4-22)16-7-18(31(36,37)38)9-19(8-16)32(39,40)41/h1-2,7-12,14-15,22,29,43,46H,3-6H2,(H,44,45). The number of nitrogens with one attached hydrogen (secondary N) is 3. The number of nitriles is 1. The van der Waals surface area contributed by atoms with Gasteiger partial charge in [-0.05, 0) is 80.0 Å². The summed E-state index contributed by atoms with van der Waals surface area (Å²) in [4.78, 5) is 4.38. The van der Waals surface area contributed by atoms with Gasteiger partial charge in [0.2, 0.25) is 0 Å². The molecule has 1 aliphatic rings. The van der Waals surface area contributed by atoms with Gasteiger partial charge in [0.05, 0.1) is 56.9 Å². The lowest BCUT2D eigenvalue weighted by Gasteiger charge is -2.23. The van der Waals surface area contributed by atoms with Gasteiger partial charge in [-0.1, -0.05) is 28.4 Å². The molecule has 1 saturated heterocycles. The van der Waals surface area contributed by atoms with Crippen LogP contribution < -0.4 is 16.0 Å². The third-order valence-electron chi connectivity index (χ3n) is 8.00. The van der Waals surface area contributed by atoms with Gasteiger partial charge in [-0.2, -0.15) is 31.6 Å². The number of fused-ring (bicyclic) bond motifs is 1. The fourth-order valence-electron chi connectivity index (χ4n) is 5.62. The van der Waals surface area contributed by atoms with Gasteiger partial charge in [0.15, 0.2) is 0 Å². The quantitative estimate of drug-likeness (QED) is 0.144. The zero-order chi connectivity index (χ0) is 35.1. The second kappa shape index (κ2) is 13.3. The Hall–Kier alpha value is -4.65. The van der Waals surface area contributed by atoms with Gasteiger partial charge in [0.1, 0.15) is 17.6 Å². The van der Waals surface area contributed by atoms with E-state index in [0.717, 1.165) is 6.07 Å². The summed E-state index contributed by atoms with van der Waals surface area (Å²) in [7, 11) is 0. The Morgan fingerprint density at radius 1 is 0.959 bits per heavy atom. The zero-order valence-electron chi connectivity index (χ0n) is 24.9. The minimum atomic E-state index is -5.10. The van der Waals surface area contributed by atoms with Crippen molar-refractivity contribution in [3.05, 3.63) is 105 Å². The Kier molecular flexibility index (Phi) is 9.31. The molecule has 3 aromatic carbocycles. The zero-order valence-corrected chi connectivity index (χ0v) is 26.4. The van der Waals surface area contributed by atoms with Crippen LogP contribution in [0.5, 0.6) is 0 Å². The lowest BCUT2D eigenvalue weighted by atomic mass is 9.97. The number of halogens is 9. The number of hydrogen-bond donors (Lipinski definition) is 3. The summed E-state index contributed by atoms with van der Waals surface area (Å²) < 4.78 is 99.2. The third kappa shape index (κ3) is 7.36. The van der Waals surface area contributed by atoms with Crippen LogP contribution in [0.1, 0.15) is 52.9 Å². The average Bonchev–Trinajstić information content (AvgIpc) is 3.55. The highest BCUT2D eigenvalue weighted by Crippen LogP contribution is 2.41. The molecule has 5 aromatic rings. The first-order chi connectivity index (χ1) is 23.2. The predicted octanol–water partition coefficient (Wildman–Crippen LogP) is 9.05. The lowest BCUT2D eigenvalue weighted by Crippen LogP contribution is -2.29. The van der Waals surface area contributed by atoms with Crippen LogP contribution in [0.25, 0.3) is 10.9 Å². The molecule has 49 heavy (non-hydrogen) atoms. The van der Waals surface area contributed by atoms with E-state index >= 15 is 0 Å². The molecule has 0 bridgehead atoms. The van der Waals surface area contributed by atoms with E-state index < -0.39 is 40.9 Å². The molecule has 0 amide bonds. The van der Waals surface area contributed by atoms with Crippen molar-refractivity contribution >= 4 is 51.2 Å². The van der Waals surface area contributed by atoms with Gasteiger partial charge in [-0.25, -0.2) is 9.07 Å². The van der Waals surface area contributed by atoms with Crippen LogP contribution in [0.3, 0.4) is 0 Å². The van der Waals surface area contributed by atoms with Crippen molar-refractivity contribution < 1.29 is 30.7 Å². The first kappa shape index (κ1) is 34.2. The number of alkyl halides is 6. The molecule has 3 N–H and O–H groups in total. The van der Waals surface area contributed by atoms with Crippen LogP contribution >= 0.6 is 23.2 Å². The van der Waals surface area contributed by atoms with E-state index in [0.29, 0.717) is 43.8 Å². The molecule has 1 unspecified atom stereocenters. The summed E-state index contributed by atoms with van der Waals surface area (Å²) in [5, 5.41) is 27.6. The van der Waals surface area contributed by atoms with E-state index in [-0.39, 0.29) is 55.7 Å². The number of benzene rings is 3. The number of nitrogens with zero attached hydrogens (tertiary/aromatic N) is 5. The molecule has 0 saturated carbocycles. The highest BCUT2D eigenvalue weighted by molar-refractivity contribution is 6.32. The molecule has 0 spiro atoms. The van der Waals surface area contributed by atoms with Crippen LogP contribution in [0, 0.1) is 17.1 Å². The fraction of sp³-hybridized carbons (Fsp3) is 0.250. The van der Waals surface area contributed by atoms with Gasteiger partial charge in [-0.3, -0.25) is 4.98 Å². The minimum absolute atomic E-state index is 0.0343. The number of piperidine rings is 1. The van der Waals surface area contributed by atoms with E-state index in [1.165, 1.54) is 36.7 Å². The highest BCUT2D eigenvalue weighted by atomic mass is 35.5. The molecule has 1 aliphatic heterocycles. The minimum Gasteiger partial charge on any atom is -0.371 e. The number of anilines is 3. The number of pyridine rings is 1. The first-order valence-electron chi connectivity index (χ1n) is 14.6. The smallest absolute Gasteiger partial charge is 0.371 e. The first-order valence-corrected chi connectivity index (χ1v) is 15.4. The highest BCUT2D eigenvalue weighted by Gasteiger charge is 2.38. The molecular formula is C32H23Cl2F7N8. The van der Waals surface area contributed by atoms with Crippen molar-refractivity contribution in [2.45, 2.75) is 37.3 Å². The predicted molar refractivity (Wildman–Crippen MR) is 169 cm³/mol. The summed E-state index contributed by atoms with van der Waals surface area (Å²) in [6, 6.07) is 8.44.